The first-order chi connectivity index (χ1) is 41.0. The van der Waals surface area contributed by atoms with E-state index in [0.717, 1.165) is 173 Å². The highest BCUT2D eigenvalue weighted by molar-refractivity contribution is 6.65. The maximum absolute atomic E-state index is 3.71. The lowest BCUT2D eigenvalue weighted by atomic mass is 9.17. The van der Waals surface area contributed by atoms with Crippen LogP contribution < -0.4 is 0 Å². The average molecular weight is 1160 g/mol. The molecule has 0 spiro atoms. The molecule has 0 aromatic rings. The molecule has 0 amide bonds. The maximum Gasteiger partial charge on any atom is 0.156 e. The first-order valence-corrected chi connectivity index (χ1v) is 40.6. The summed E-state index contributed by atoms with van der Waals surface area (Å²) in [6.07, 6.45) is 66.2. The van der Waals surface area contributed by atoms with Gasteiger partial charge in [-0.2, -0.15) is 0 Å². The third kappa shape index (κ3) is 11.8. The van der Waals surface area contributed by atoms with E-state index in [0.29, 0.717) is 16.2 Å². The minimum absolute atomic E-state index is 0.452. The first kappa shape index (κ1) is 61.2. The summed E-state index contributed by atoms with van der Waals surface area (Å²) in [5.41, 5.74) is 1.39. The fourth-order valence-corrected chi connectivity index (χ4v) is 29.6. The van der Waals surface area contributed by atoms with Crippen LogP contribution in [0.3, 0.4) is 0 Å². The standard InChI is InChI=1S/C82H139BN2/c1-80(2,3)64-35-27-57(28-36-64)62-49-75-79-76(50-62)85(68-39-31-56(32-40-68)53-21-15-11-16-22-53)74-42-34-59(69-46-63-45-65(81(4,5)6)43-60-25-26-61-44-66(82(7,8)9)51-70(69)78(61)77(60)63)48-72(74)83(79)71-47-58(54-23-17-12-18-24-54)33-41-73(71)84(75)67-37-29-55(30-38-67)52-19-13-10-14-20-52/h52-79H,10-51H2,1-9H3. The number of fused-ring (bicyclic) bond motifs is 4. The number of hydrogen-bond donors (Lipinski definition) is 0. The van der Waals surface area contributed by atoms with Gasteiger partial charge in [0, 0.05) is 36.3 Å². The van der Waals surface area contributed by atoms with Crippen LogP contribution in [0.15, 0.2) is 0 Å². The molecule has 2 aliphatic heterocycles. The lowest BCUT2D eigenvalue weighted by molar-refractivity contribution is -0.153. The molecule has 0 aromatic carbocycles. The summed E-state index contributed by atoms with van der Waals surface area (Å²) in [7, 11) is 0. The van der Waals surface area contributed by atoms with Crippen molar-refractivity contribution in [1.82, 2.24) is 9.80 Å². The molecular formula is C82H139BN2. The third-order valence-corrected chi connectivity index (χ3v) is 33.7. The summed E-state index contributed by atoms with van der Waals surface area (Å²) in [5.74, 6) is 22.3. The molecule has 0 N–H and O–H groups in total. The van der Waals surface area contributed by atoms with Crippen LogP contribution >= 0.6 is 0 Å². The van der Waals surface area contributed by atoms with E-state index in [2.05, 4.69) is 72.1 Å². The quantitative estimate of drug-likeness (QED) is 0.234. The van der Waals surface area contributed by atoms with Gasteiger partial charge in [0.1, 0.15) is 0 Å². The van der Waals surface area contributed by atoms with Crippen LogP contribution in [0.5, 0.6) is 0 Å². The van der Waals surface area contributed by atoms with Crippen molar-refractivity contribution in [2.75, 3.05) is 0 Å². The largest absolute Gasteiger partial charge is 0.295 e. The van der Waals surface area contributed by atoms with E-state index >= 15 is 0 Å². The van der Waals surface area contributed by atoms with Crippen molar-refractivity contribution in [1.29, 1.82) is 0 Å². The zero-order valence-electron chi connectivity index (χ0n) is 57.8. The molecule has 15 aliphatic rings. The predicted octanol–water partition coefficient (Wildman–Crippen LogP) is 22.8. The third-order valence-electron chi connectivity index (χ3n) is 33.7. The predicted molar refractivity (Wildman–Crippen MR) is 362 cm³/mol. The highest BCUT2D eigenvalue weighted by Crippen LogP contribution is 2.70. The van der Waals surface area contributed by atoms with Crippen molar-refractivity contribution in [3.05, 3.63) is 0 Å². The van der Waals surface area contributed by atoms with Crippen LogP contribution in [0.1, 0.15) is 332 Å². The van der Waals surface area contributed by atoms with Gasteiger partial charge in [0.25, 0.3) is 0 Å². The Labute approximate surface area is 528 Å². The minimum atomic E-state index is 0.452. The van der Waals surface area contributed by atoms with E-state index < -0.39 is 0 Å². The summed E-state index contributed by atoms with van der Waals surface area (Å²) in [4.78, 5) is 7.39. The zero-order valence-corrected chi connectivity index (χ0v) is 57.8. The fourth-order valence-electron chi connectivity index (χ4n) is 29.6. The van der Waals surface area contributed by atoms with Gasteiger partial charge in [-0.25, -0.2) is 0 Å². The van der Waals surface area contributed by atoms with E-state index in [9.17, 15) is 0 Å². The van der Waals surface area contributed by atoms with Crippen molar-refractivity contribution in [2.24, 2.45) is 129 Å². The van der Waals surface area contributed by atoms with E-state index in [1.54, 1.807) is 212 Å². The molecule has 15 rings (SSSR count). The summed E-state index contributed by atoms with van der Waals surface area (Å²) < 4.78 is 0. The molecule has 2 nitrogen and oxygen atoms in total. The Bertz CT molecular complexity index is 2160. The molecule has 0 radical (unpaired) electrons. The van der Waals surface area contributed by atoms with Crippen LogP contribution in [0.25, 0.3) is 0 Å². The Kier molecular flexibility index (Phi) is 17.8. The van der Waals surface area contributed by atoms with E-state index in [1.165, 1.54) is 57.8 Å². The van der Waals surface area contributed by atoms with Gasteiger partial charge in [-0.1, -0.05) is 171 Å². The summed E-state index contributed by atoms with van der Waals surface area (Å²) in [6, 6.07) is 5.29. The van der Waals surface area contributed by atoms with Gasteiger partial charge in [-0.05, 0) is 307 Å². The molecule has 85 heavy (non-hydrogen) atoms. The van der Waals surface area contributed by atoms with Gasteiger partial charge in [0.15, 0.2) is 6.71 Å². The highest BCUT2D eigenvalue weighted by Gasteiger charge is 2.68. The van der Waals surface area contributed by atoms with Crippen LogP contribution in [0, 0.1) is 129 Å². The number of hydrogen-bond acceptors (Lipinski definition) is 2. The van der Waals surface area contributed by atoms with Gasteiger partial charge in [-0.15, -0.1) is 0 Å². The lowest BCUT2D eigenvalue weighted by Crippen LogP contribution is -2.75. The van der Waals surface area contributed by atoms with E-state index in [1.807, 2.05) is 0 Å². The number of rotatable bonds is 7. The Morgan fingerprint density at radius 3 is 1.12 bits per heavy atom. The molecule has 15 fully saturated rings. The van der Waals surface area contributed by atoms with Crippen molar-refractivity contribution in [3.63, 3.8) is 0 Å². The van der Waals surface area contributed by atoms with Crippen LogP contribution in [-0.4, -0.2) is 52.8 Å². The summed E-state index contributed by atoms with van der Waals surface area (Å²) >= 11 is 0. The molecule has 480 valence electrons. The molecule has 13 aliphatic carbocycles. The Morgan fingerprint density at radius 2 is 0.624 bits per heavy atom. The second kappa shape index (κ2) is 24.7. The van der Waals surface area contributed by atoms with Crippen molar-refractivity contribution in [2.45, 2.75) is 386 Å². The maximum atomic E-state index is 3.71. The monoisotopic (exact) mass is 1160 g/mol. The molecule has 2 saturated heterocycles. The summed E-state index contributed by atoms with van der Waals surface area (Å²) in [5, 5.41) is 0. The molecule has 19 atom stereocenters. The van der Waals surface area contributed by atoms with E-state index in [4.69, 9.17) is 0 Å². The Balaban J connectivity index is 0.819. The Morgan fingerprint density at radius 1 is 0.247 bits per heavy atom. The molecular weight excluding hydrogens is 1020 g/mol. The molecule has 13 saturated carbocycles. The second-order valence-electron chi connectivity index (χ2n) is 40.0. The number of nitrogens with zero attached hydrogens (tertiary/aromatic N) is 2. The zero-order chi connectivity index (χ0) is 58.1. The van der Waals surface area contributed by atoms with Gasteiger partial charge >= 0.3 is 0 Å². The Hall–Kier alpha value is -0.0151. The van der Waals surface area contributed by atoms with Gasteiger partial charge in [-0.3, -0.25) is 9.80 Å². The van der Waals surface area contributed by atoms with Crippen LogP contribution in [0.4, 0.5) is 0 Å². The van der Waals surface area contributed by atoms with Crippen LogP contribution in [-0.2, 0) is 0 Å². The van der Waals surface area contributed by atoms with Gasteiger partial charge in [0.05, 0.1) is 0 Å². The average Bonchev–Trinajstić information content (AvgIpc) is 0.751. The van der Waals surface area contributed by atoms with Crippen molar-refractivity contribution < 1.29 is 0 Å². The van der Waals surface area contributed by atoms with E-state index in [-0.39, 0.29) is 0 Å². The topological polar surface area (TPSA) is 6.48 Å². The molecule has 3 heteroatoms. The second-order valence-corrected chi connectivity index (χ2v) is 40.0. The molecule has 0 aromatic heterocycles. The van der Waals surface area contributed by atoms with Crippen molar-refractivity contribution >= 4 is 6.71 Å². The lowest BCUT2D eigenvalue weighted by Gasteiger charge is -2.71. The molecule has 2 heterocycles. The minimum Gasteiger partial charge on any atom is -0.295 e. The van der Waals surface area contributed by atoms with Crippen molar-refractivity contribution in [3.8, 4) is 0 Å². The normalized spacial score (nSPS) is 49.2. The molecule has 0 bridgehead atoms. The smallest absolute Gasteiger partial charge is 0.156 e. The molecule has 19 unspecified atom stereocenters. The highest BCUT2D eigenvalue weighted by atomic mass is 15.3. The van der Waals surface area contributed by atoms with Gasteiger partial charge < -0.3 is 0 Å². The van der Waals surface area contributed by atoms with Gasteiger partial charge in [0.2, 0.25) is 0 Å². The van der Waals surface area contributed by atoms with Crippen LogP contribution in [0.2, 0.25) is 17.5 Å². The SMILES string of the molecule is CC(C)(C)C1CCC(C2CC3C4B(C5CC(C6CCCCC6)CCC5N3C3CCC(C5CCCCC5)CC3)C3CC(C5CC6CC(C(C)(C)C)CC7CCC8CC(C(C)(C)C)CC5C8C76)CCC3N(C3CCC(C5CCCCC5)CC3)C4C2)CC1. The first-order valence-electron chi connectivity index (χ1n) is 40.6. The summed E-state index contributed by atoms with van der Waals surface area (Å²) in [6.45, 7) is 24.9. The fraction of sp³-hybridized carbons (Fsp3) is 1.00.